The highest BCUT2D eigenvalue weighted by atomic mass is 19.4. The van der Waals surface area contributed by atoms with E-state index < -0.39 is 12.7 Å². The van der Waals surface area contributed by atoms with Crippen molar-refractivity contribution < 1.29 is 27.4 Å². The minimum atomic E-state index is -4.34. The second-order valence-corrected chi connectivity index (χ2v) is 5.75. The summed E-state index contributed by atoms with van der Waals surface area (Å²) in [4.78, 5) is 12.2. The molecule has 0 bridgehead atoms. The molecule has 0 unspecified atom stereocenters. The van der Waals surface area contributed by atoms with Crippen molar-refractivity contribution in [2.45, 2.75) is 19.0 Å². The Morgan fingerprint density at radius 1 is 1.04 bits per heavy atom. The first-order valence-electron chi connectivity index (χ1n) is 7.99. The van der Waals surface area contributed by atoms with Gasteiger partial charge in [0.15, 0.2) is 11.5 Å². The van der Waals surface area contributed by atoms with Crippen LogP contribution in [-0.4, -0.2) is 25.4 Å². The van der Waals surface area contributed by atoms with E-state index in [1.807, 2.05) is 12.1 Å². The standard InChI is InChI=1S/C18H17F3N2O3/c19-18(20,21)10-22-13-3-1-2-4-14(13)23-17(24)8-6-12-5-7-15-16(9-12)26-11-25-15/h1-5,7,9,22H,6,8,10-11H2,(H,23,24). The fourth-order valence-electron chi connectivity index (χ4n) is 2.51. The number of alkyl halides is 3. The number of halogens is 3. The van der Waals surface area contributed by atoms with E-state index in [2.05, 4.69) is 10.6 Å². The number of amides is 1. The zero-order valence-electron chi connectivity index (χ0n) is 13.7. The summed E-state index contributed by atoms with van der Waals surface area (Å²) in [5.41, 5.74) is 1.45. The van der Waals surface area contributed by atoms with Gasteiger partial charge in [0.2, 0.25) is 12.7 Å². The molecule has 2 aromatic carbocycles. The van der Waals surface area contributed by atoms with Crippen LogP contribution in [0.5, 0.6) is 11.5 Å². The summed E-state index contributed by atoms with van der Waals surface area (Å²) in [5, 5.41) is 4.94. The molecule has 138 valence electrons. The third-order valence-electron chi connectivity index (χ3n) is 3.76. The number of benzene rings is 2. The molecule has 1 aliphatic rings. The van der Waals surface area contributed by atoms with Crippen LogP contribution in [0.2, 0.25) is 0 Å². The van der Waals surface area contributed by atoms with Crippen molar-refractivity contribution in [3.8, 4) is 11.5 Å². The highest BCUT2D eigenvalue weighted by Gasteiger charge is 2.27. The molecule has 3 rings (SSSR count). The normalized spacial score (nSPS) is 12.7. The van der Waals surface area contributed by atoms with Gasteiger partial charge in [0.1, 0.15) is 6.54 Å². The first kappa shape index (κ1) is 17.9. The van der Waals surface area contributed by atoms with Gasteiger partial charge < -0.3 is 20.1 Å². The average molecular weight is 366 g/mol. The van der Waals surface area contributed by atoms with Crippen molar-refractivity contribution in [1.29, 1.82) is 0 Å². The lowest BCUT2D eigenvalue weighted by molar-refractivity contribution is -0.116. The molecular formula is C18H17F3N2O3. The SMILES string of the molecule is O=C(CCc1ccc2c(c1)OCO2)Nc1ccccc1NCC(F)(F)F. The van der Waals surface area contributed by atoms with Crippen LogP contribution in [0, 0.1) is 0 Å². The van der Waals surface area contributed by atoms with Crippen LogP contribution in [0.3, 0.4) is 0 Å². The smallest absolute Gasteiger partial charge is 0.405 e. The highest BCUT2D eigenvalue weighted by Crippen LogP contribution is 2.32. The highest BCUT2D eigenvalue weighted by molar-refractivity contribution is 5.94. The molecule has 0 saturated heterocycles. The van der Waals surface area contributed by atoms with Gasteiger partial charge in [-0.3, -0.25) is 4.79 Å². The first-order valence-corrected chi connectivity index (χ1v) is 7.99. The molecule has 1 amide bonds. The van der Waals surface area contributed by atoms with E-state index in [4.69, 9.17) is 9.47 Å². The Labute approximate surface area is 148 Å². The van der Waals surface area contributed by atoms with E-state index in [-0.39, 0.29) is 24.8 Å². The molecule has 2 N–H and O–H groups in total. The summed E-state index contributed by atoms with van der Waals surface area (Å²) >= 11 is 0. The Bertz CT molecular complexity index is 793. The Kier molecular flexibility index (Phi) is 5.20. The van der Waals surface area contributed by atoms with Crippen molar-refractivity contribution in [3.63, 3.8) is 0 Å². The van der Waals surface area contributed by atoms with Gasteiger partial charge in [-0.25, -0.2) is 0 Å². The van der Waals surface area contributed by atoms with Gasteiger partial charge in [-0.2, -0.15) is 13.2 Å². The lowest BCUT2D eigenvalue weighted by atomic mass is 10.1. The van der Waals surface area contributed by atoms with Crippen LogP contribution < -0.4 is 20.1 Å². The van der Waals surface area contributed by atoms with Crippen molar-refractivity contribution in [1.82, 2.24) is 0 Å². The van der Waals surface area contributed by atoms with Gasteiger partial charge in [0.05, 0.1) is 11.4 Å². The van der Waals surface area contributed by atoms with Crippen LogP contribution in [-0.2, 0) is 11.2 Å². The van der Waals surface area contributed by atoms with Gasteiger partial charge in [-0.05, 0) is 36.2 Å². The Balaban J connectivity index is 1.56. The van der Waals surface area contributed by atoms with Crippen LogP contribution in [0.15, 0.2) is 42.5 Å². The summed E-state index contributed by atoms with van der Waals surface area (Å²) in [6, 6.07) is 11.7. The van der Waals surface area contributed by atoms with Crippen LogP contribution in [0.25, 0.3) is 0 Å². The monoisotopic (exact) mass is 366 g/mol. The number of hydrogen-bond acceptors (Lipinski definition) is 4. The molecule has 0 aromatic heterocycles. The molecule has 2 aromatic rings. The molecule has 0 spiro atoms. The Morgan fingerprint density at radius 2 is 1.77 bits per heavy atom. The van der Waals surface area contributed by atoms with E-state index in [9.17, 15) is 18.0 Å². The summed E-state index contributed by atoms with van der Waals surface area (Å²) in [6.07, 6.45) is -3.68. The van der Waals surface area contributed by atoms with Gasteiger partial charge in [-0.15, -0.1) is 0 Å². The number of nitrogens with one attached hydrogen (secondary N) is 2. The first-order chi connectivity index (χ1) is 12.4. The number of aryl methyl sites for hydroxylation is 1. The van der Waals surface area contributed by atoms with Gasteiger partial charge in [0.25, 0.3) is 0 Å². The van der Waals surface area contributed by atoms with Crippen LogP contribution >= 0.6 is 0 Å². The lowest BCUT2D eigenvalue weighted by Crippen LogP contribution is -2.22. The number of para-hydroxylation sites is 2. The molecule has 0 fully saturated rings. The maximum absolute atomic E-state index is 12.4. The van der Waals surface area contributed by atoms with Crippen LogP contribution in [0.1, 0.15) is 12.0 Å². The average Bonchev–Trinajstić information content (AvgIpc) is 3.06. The number of ether oxygens (including phenoxy) is 2. The van der Waals surface area contributed by atoms with Gasteiger partial charge >= 0.3 is 6.18 Å². The molecule has 0 atom stereocenters. The summed E-state index contributed by atoms with van der Waals surface area (Å²) < 4.78 is 47.6. The second-order valence-electron chi connectivity index (χ2n) is 5.75. The molecule has 0 saturated carbocycles. The Morgan fingerprint density at radius 3 is 2.54 bits per heavy atom. The molecule has 1 aliphatic heterocycles. The maximum atomic E-state index is 12.4. The molecule has 8 heteroatoms. The number of carbonyl (C=O) groups is 1. The van der Waals surface area contributed by atoms with Crippen molar-refractivity contribution >= 4 is 17.3 Å². The maximum Gasteiger partial charge on any atom is 0.405 e. The van der Waals surface area contributed by atoms with Gasteiger partial charge in [-0.1, -0.05) is 18.2 Å². The number of fused-ring (bicyclic) bond motifs is 1. The predicted octanol–water partition coefficient (Wildman–Crippen LogP) is 3.96. The molecule has 1 heterocycles. The summed E-state index contributed by atoms with van der Waals surface area (Å²) in [6.45, 7) is -0.988. The van der Waals surface area contributed by atoms with E-state index in [0.29, 0.717) is 23.6 Å². The molecule has 0 radical (unpaired) electrons. The molecular weight excluding hydrogens is 349 g/mol. The fourth-order valence-corrected chi connectivity index (χ4v) is 2.51. The van der Waals surface area contributed by atoms with E-state index in [1.54, 1.807) is 24.3 Å². The molecule has 5 nitrogen and oxygen atoms in total. The fraction of sp³-hybridized carbons (Fsp3) is 0.278. The third-order valence-corrected chi connectivity index (χ3v) is 3.76. The zero-order valence-corrected chi connectivity index (χ0v) is 13.7. The second kappa shape index (κ2) is 7.55. The van der Waals surface area contributed by atoms with Crippen molar-refractivity contribution in [2.75, 3.05) is 24.0 Å². The molecule has 0 aliphatic carbocycles. The quantitative estimate of drug-likeness (QED) is 0.813. The Hall–Kier alpha value is -2.90. The van der Waals surface area contributed by atoms with Crippen molar-refractivity contribution in [2.24, 2.45) is 0 Å². The third kappa shape index (κ3) is 4.81. The van der Waals surface area contributed by atoms with Crippen molar-refractivity contribution in [3.05, 3.63) is 48.0 Å². The number of rotatable bonds is 6. The predicted molar refractivity (Wildman–Crippen MR) is 90.5 cm³/mol. The minimum absolute atomic E-state index is 0.182. The van der Waals surface area contributed by atoms with Gasteiger partial charge in [0, 0.05) is 6.42 Å². The van der Waals surface area contributed by atoms with E-state index in [1.165, 1.54) is 6.07 Å². The number of anilines is 2. The molecule has 26 heavy (non-hydrogen) atoms. The van der Waals surface area contributed by atoms with E-state index in [0.717, 1.165) is 5.56 Å². The summed E-state index contributed by atoms with van der Waals surface area (Å²) in [5.74, 6) is 1.02. The summed E-state index contributed by atoms with van der Waals surface area (Å²) in [7, 11) is 0. The zero-order chi connectivity index (χ0) is 18.6. The largest absolute Gasteiger partial charge is 0.454 e. The number of hydrogen-bond donors (Lipinski definition) is 2. The topological polar surface area (TPSA) is 59.6 Å². The van der Waals surface area contributed by atoms with Crippen LogP contribution in [0.4, 0.5) is 24.5 Å². The van der Waals surface area contributed by atoms with E-state index >= 15 is 0 Å². The lowest BCUT2D eigenvalue weighted by Gasteiger charge is -2.14. The minimum Gasteiger partial charge on any atom is -0.454 e. The number of carbonyl (C=O) groups excluding carboxylic acids is 1.